The summed E-state index contributed by atoms with van der Waals surface area (Å²) >= 11 is 4.37. The molecule has 138 valence electrons. The van der Waals surface area contributed by atoms with Gasteiger partial charge in [0.25, 0.3) is 5.91 Å². The van der Waals surface area contributed by atoms with Crippen molar-refractivity contribution < 1.29 is 18.7 Å². The number of benzene rings is 2. The van der Waals surface area contributed by atoms with Crippen LogP contribution in [0.2, 0.25) is 0 Å². The van der Waals surface area contributed by atoms with Crippen molar-refractivity contribution in [3.63, 3.8) is 0 Å². The van der Waals surface area contributed by atoms with Gasteiger partial charge in [0.1, 0.15) is 10.7 Å². The topological polar surface area (TPSA) is 55.4 Å². The maximum atomic E-state index is 14.1. The zero-order chi connectivity index (χ0) is 19.4. The van der Waals surface area contributed by atoms with Crippen molar-refractivity contribution in [3.05, 3.63) is 75.3 Å². The molecule has 0 fully saturated rings. The molecule has 0 radical (unpaired) electrons. The molecular formula is C20H15BrFNO3S. The number of halogens is 2. The molecule has 0 aliphatic rings. The van der Waals surface area contributed by atoms with Gasteiger partial charge >= 0.3 is 5.97 Å². The van der Waals surface area contributed by atoms with Gasteiger partial charge in [-0.2, -0.15) is 0 Å². The Morgan fingerprint density at radius 3 is 2.56 bits per heavy atom. The summed E-state index contributed by atoms with van der Waals surface area (Å²) in [7, 11) is 0. The van der Waals surface area contributed by atoms with E-state index in [9.17, 15) is 14.0 Å². The Kier molecular flexibility index (Phi) is 6.03. The largest absolute Gasteiger partial charge is 0.462 e. The summed E-state index contributed by atoms with van der Waals surface area (Å²) in [6, 6.07) is 15.3. The SMILES string of the molecule is CCOC(=O)c1sc(-c2ccccc2)cc1NC(=O)c1ccc(Br)cc1F. The monoisotopic (exact) mass is 447 g/mol. The molecule has 0 aliphatic heterocycles. The van der Waals surface area contributed by atoms with Crippen LogP contribution in [-0.2, 0) is 4.74 Å². The van der Waals surface area contributed by atoms with Gasteiger partial charge in [-0.05, 0) is 36.8 Å². The Hall–Kier alpha value is -2.51. The lowest BCUT2D eigenvalue weighted by atomic mass is 10.1. The molecule has 7 heteroatoms. The minimum absolute atomic E-state index is 0.111. The predicted molar refractivity (Wildman–Crippen MR) is 108 cm³/mol. The first-order valence-corrected chi connectivity index (χ1v) is 9.73. The Balaban J connectivity index is 1.96. The highest BCUT2D eigenvalue weighted by molar-refractivity contribution is 9.10. The molecule has 2 aromatic carbocycles. The Bertz CT molecular complexity index is 988. The van der Waals surface area contributed by atoms with Crippen LogP contribution in [0.5, 0.6) is 0 Å². The lowest BCUT2D eigenvalue weighted by Crippen LogP contribution is -2.15. The number of ether oxygens (including phenoxy) is 1. The molecule has 0 spiro atoms. The summed E-state index contributed by atoms with van der Waals surface area (Å²) in [6.07, 6.45) is 0. The molecule has 0 saturated heterocycles. The van der Waals surface area contributed by atoms with Crippen molar-refractivity contribution in [2.24, 2.45) is 0 Å². The van der Waals surface area contributed by atoms with Gasteiger partial charge in [-0.15, -0.1) is 11.3 Å². The Morgan fingerprint density at radius 1 is 1.15 bits per heavy atom. The standard InChI is InChI=1S/C20H15BrFNO3S/c1-2-26-20(25)18-16(11-17(27-18)12-6-4-3-5-7-12)23-19(24)14-9-8-13(21)10-15(14)22/h3-11H,2H2,1H3,(H,23,24). The number of anilines is 1. The number of hydrogen-bond donors (Lipinski definition) is 1. The smallest absolute Gasteiger partial charge is 0.350 e. The molecule has 27 heavy (non-hydrogen) atoms. The van der Waals surface area contributed by atoms with E-state index in [-0.39, 0.29) is 17.0 Å². The van der Waals surface area contributed by atoms with E-state index in [2.05, 4.69) is 21.2 Å². The number of esters is 1. The predicted octanol–water partition coefficient (Wildman–Crippen LogP) is 5.75. The first-order chi connectivity index (χ1) is 13.0. The van der Waals surface area contributed by atoms with Crippen molar-refractivity contribution in [2.75, 3.05) is 11.9 Å². The fourth-order valence-corrected chi connectivity index (χ4v) is 3.79. The minimum atomic E-state index is -0.655. The minimum Gasteiger partial charge on any atom is -0.462 e. The highest BCUT2D eigenvalue weighted by atomic mass is 79.9. The third kappa shape index (κ3) is 4.43. The number of nitrogens with one attached hydrogen (secondary N) is 1. The van der Waals surface area contributed by atoms with Gasteiger partial charge in [0.05, 0.1) is 17.9 Å². The molecule has 0 aliphatic carbocycles. The molecule has 0 bridgehead atoms. The molecule has 0 saturated carbocycles. The summed E-state index contributed by atoms with van der Waals surface area (Å²) in [5.41, 5.74) is 1.09. The number of carbonyl (C=O) groups excluding carboxylic acids is 2. The van der Waals surface area contributed by atoms with Crippen LogP contribution in [-0.4, -0.2) is 18.5 Å². The Labute approximate surface area is 168 Å². The lowest BCUT2D eigenvalue weighted by molar-refractivity contribution is 0.0533. The van der Waals surface area contributed by atoms with Gasteiger partial charge in [-0.3, -0.25) is 4.79 Å². The second-order valence-electron chi connectivity index (χ2n) is 5.52. The summed E-state index contributed by atoms with van der Waals surface area (Å²) in [4.78, 5) is 25.9. The van der Waals surface area contributed by atoms with Crippen molar-refractivity contribution in [3.8, 4) is 10.4 Å². The van der Waals surface area contributed by atoms with Gasteiger partial charge in [0.15, 0.2) is 0 Å². The van der Waals surface area contributed by atoms with E-state index in [1.165, 1.54) is 23.5 Å². The molecule has 0 unspecified atom stereocenters. The second kappa shape index (κ2) is 8.45. The molecule has 4 nitrogen and oxygen atoms in total. The van der Waals surface area contributed by atoms with Crippen LogP contribution in [0.4, 0.5) is 10.1 Å². The molecule has 3 aromatic rings. The highest BCUT2D eigenvalue weighted by Gasteiger charge is 2.21. The average molecular weight is 448 g/mol. The maximum Gasteiger partial charge on any atom is 0.350 e. The molecule has 1 heterocycles. The van der Waals surface area contributed by atoms with Crippen LogP contribution in [0.15, 0.2) is 59.1 Å². The Morgan fingerprint density at radius 2 is 1.89 bits per heavy atom. The van der Waals surface area contributed by atoms with Gasteiger partial charge in [-0.1, -0.05) is 46.3 Å². The van der Waals surface area contributed by atoms with E-state index >= 15 is 0 Å². The molecule has 3 rings (SSSR count). The zero-order valence-electron chi connectivity index (χ0n) is 14.3. The van der Waals surface area contributed by atoms with Crippen molar-refractivity contribution >= 4 is 44.8 Å². The van der Waals surface area contributed by atoms with Crippen LogP contribution in [0, 0.1) is 5.82 Å². The first-order valence-electron chi connectivity index (χ1n) is 8.12. The normalized spacial score (nSPS) is 10.5. The van der Waals surface area contributed by atoms with Crippen LogP contribution >= 0.6 is 27.3 Å². The highest BCUT2D eigenvalue weighted by Crippen LogP contribution is 2.35. The first kappa shape index (κ1) is 19.3. The third-order valence-corrected chi connectivity index (χ3v) is 5.33. The van der Waals surface area contributed by atoms with Gasteiger partial charge in [0.2, 0.25) is 0 Å². The second-order valence-corrected chi connectivity index (χ2v) is 7.49. The third-order valence-electron chi connectivity index (χ3n) is 3.68. The summed E-state index contributed by atoms with van der Waals surface area (Å²) in [5.74, 6) is -1.82. The van der Waals surface area contributed by atoms with Crippen molar-refractivity contribution in [2.45, 2.75) is 6.92 Å². The summed E-state index contributed by atoms with van der Waals surface area (Å²) in [6.45, 7) is 1.92. The zero-order valence-corrected chi connectivity index (χ0v) is 16.7. The van der Waals surface area contributed by atoms with E-state index < -0.39 is 17.7 Å². The van der Waals surface area contributed by atoms with Gasteiger partial charge in [-0.25, -0.2) is 9.18 Å². The van der Waals surface area contributed by atoms with Crippen LogP contribution in [0.1, 0.15) is 27.0 Å². The fraction of sp³-hybridized carbons (Fsp3) is 0.100. The lowest BCUT2D eigenvalue weighted by Gasteiger charge is -2.07. The van der Waals surface area contributed by atoms with Crippen LogP contribution < -0.4 is 5.32 Å². The van der Waals surface area contributed by atoms with Gasteiger partial charge in [0, 0.05) is 9.35 Å². The van der Waals surface area contributed by atoms with Crippen LogP contribution in [0.3, 0.4) is 0 Å². The molecule has 0 atom stereocenters. The number of carbonyl (C=O) groups is 2. The number of thiophene rings is 1. The number of rotatable bonds is 5. The summed E-state index contributed by atoms with van der Waals surface area (Å²) in [5, 5.41) is 2.63. The number of amides is 1. The molecule has 1 N–H and O–H groups in total. The quantitative estimate of drug-likeness (QED) is 0.506. The molecular weight excluding hydrogens is 433 g/mol. The van der Waals surface area contributed by atoms with E-state index in [1.54, 1.807) is 19.1 Å². The van der Waals surface area contributed by atoms with E-state index in [0.717, 1.165) is 10.4 Å². The fourth-order valence-electron chi connectivity index (χ4n) is 2.44. The van der Waals surface area contributed by atoms with E-state index in [4.69, 9.17) is 4.74 Å². The summed E-state index contributed by atoms with van der Waals surface area (Å²) < 4.78 is 19.7. The molecule has 1 amide bonds. The van der Waals surface area contributed by atoms with E-state index in [1.807, 2.05) is 30.3 Å². The van der Waals surface area contributed by atoms with Crippen molar-refractivity contribution in [1.82, 2.24) is 0 Å². The molecule has 1 aromatic heterocycles. The average Bonchev–Trinajstić information content (AvgIpc) is 3.06. The van der Waals surface area contributed by atoms with E-state index in [0.29, 0.717) is 10.2 Å². The van der Waals surface area contributed by atoms with Crippen molar-refractivity contribution in [1.29, 1.82) is 0 Å². The maximum absolute atomic E-state index is 14.1. The number of hydrogen-bond acceptors (Lipinski definition) is 4. The van der Waals surface area contributed by atoms with Gasteiger partial charge < -0.3 is 10.1 Å². The van der Waals surface area contributed by atoms with Crippen LogP contribution in [0.25, 0.3) is 10.4 Å².